The van der Waals surface area contributed by atoms with Crippen molar-refractivity contribution in [3.8, 4) is 22.3 Å². The lowest BCUT2D eigenvalue weighted by Crippen LogP contribution is -2.10. The first-order valence-electron chi connectivity index (χ1n) is 15.7. The highest BCUT2D eigenvalue weighted by Crippen LogP contribution is 2.45. The average Bonchev–Trinajstić information content (AvgIpc) is 3.52. The summed E-state index contributed by atoms with van der Waals surface area (Å²) >= 11 is 0. The Bertz CT molecular complexity index is 2510. The molecule has 0 fully saturated rings. The summed E-state index contributed by atoms with van der Waals surface area (Å²) in [6.07, 6.45) is 0. The molecule has 0 atom stereocenters. The zero-order chi connectivity index (χ0) is 30.5. The van der Waals surface area contributed by atoms with Gasteiger partial charge in [0.15, 0.2) is 0 Å². The van der Waals surface area contributed by atoms with Crippen molar-refractivity contribution in [2.45, 2.75) is 0 Å². The molecule has 1 heterocycles. The Morgan fingerprint density at radius 2 is 0.978 bits per heavy atom. The monoisotopic (exact) mass is 587 g/mol. The van der Waals surface area contributed by atoms with Gasteiger partial charge in [-0.15, -0.1) is 0 Å². The zero-order valence-electron chi connectivity index (χ0n) is 25.1. The number of nitrogens with zero attached hydrogens (tertiary/aromatic N) is 1. The fourth-order valence-corrected chi connectivity index (χ4v) is 6.79. The molecule has 216 valence electrons. The highest BCUT2D eigenvalue weighted by atomic mass is 16.3. The molecule has 1 aromatic heterocycles. The lowest BCUT2D eigenvalue weighted by molar-refractivity contribution is 0.673. The Kier molecular flexibility index (Phi) is 6.17. The van der Waals surface area contributed by atoms with Crippen molar-refractivity contribution >= 4 is 60.5 Å². The topological polar surface area (TPSA) is 16.4 Å². The molecule has 0 aliphatic rings. The van der Waals surface area contributed by atoms with Crippen molar-refractivity contribution in [1.29, 1.82) is 0 Å². The second kappa shape index (κ2) is 10.8. The minimum Gasteiger partial charge on any atom is -0.455 e. The molecule has 0 aliphatic carbocycles. The second-order valence-electron chi connectivity index (χ2n) is 11.8. The Morgan fingerprint density at radius 1 is 0.370 bits per heavy atom. The molecule has 9 aromatic rings. The van der Waals surface area contributed by atoms with Gasteiger partial charge >= 0.3 is 0 Å². The van der Waals surface area contributed by atoms with Crippen LogP contribution in [-0.2, 0) is 0 Å². The number of fused-ring (bicyclic) bond motifs is 6. The van der Waals surface area contributed by atoms with E-state index in [-0.39, 0.29) is 0 Å². The molecule has 0 saturated heterocycles. The molecule has 0 amide bonds. The third kappa shape index (κ3) is 4.43. The van der Waals surface area contributed by atoms with Crippen LogP contribution in [-0.4, -0.2) is 0 Å². The Morgan fingerprint density at radius 3 is 1.76 bits per heavy atom. The summed E-state index contributed by atoms with van der Waals surface area (Å²) in [6.45, 7) is 0. The predicted octanol–water partition coefficient (Wildman–Crippen LogP) is 12.7. The Labute approximate surface area is 267 Å². The molecule has 0 radical (unpaired) electrons. The average molecular weight is 588 g/mol. The van der Waals surface area contributed by atoms with Gasteiger partial charge in [-0.05, 0) is 74.8 Å². The normalized spacial score (nSPS) is 11.5. The lowest BCUT2D eigenvalue weighted by Gasteiger charge is -2.27. The van der Waals surface area contributed by atoms with Crippen LogP contribution in [0.3, 0.4) is 0 Å². The lowest BCUT2D eigenvalue weighted by atomic mass is 9.97. The number of hydrogen-bond donors (Lipinski definition) is 0. The van der Waals surface area contributed by atoms with Crippen molar-refractivity contribution in [3.05, 3.63) is 176 Å². The van der Waals surface area contributed by atoms with E-state index in [1.165, 1.54) is 27.3 Å². The van der Waals surface area contributed by atoms with Gasteiger partial charge < -0.3 is 9.32 Å². The van der Waals surface area contributed by atoms with Crippen molar-refractivity contribution in [1.82, 2.24) is 0 Å². The molecule has 0 N–H and O–H groups in total. The standard InChI is InChI=1S/C44H29NO/c1-3-11-30(12-4-1)32-19-23-36(24-20-32)45(37-25-21-31-13-7-8-17-35(31)27-37)38-28-41(33-14-5-2-6-15-33)43-40-26-22-34-16-9-10-18-39(34)44(40)46-42(43)29-38/h1-29H. The fourth-order valence-electron chi connectivity index (χ4n) is 6.79. The minimum atomic E-state index is 0.870. The van der Waals surface area contributed by atoms with E-state index < -0.39 is 0 Å². The molecule has 0 aliphatic heterocycles. The van der Waals surface area contributed by atoms with Crippen LogP contribution in [0.25, 0.3) is 65.7 Å². The molecular weight excluding hydrogens is 558 g/mol. The quantitative estimate of drug-likeness (QED) is 0.199. The van der Waals surface area contributed by atoms with Crippen LogP contribution in [0, 0.1) is 0 Å². The fraction of sp³-hybridized carbons (Fsp3) is 0. The van der Waals surface area contributed by atoms with Crippen LogP contribution in [0.5, 0.6) is 0 Å². The molecular formula is C44H29NO. The first kappa shape index (κ1) is 26.3. The molecule has 0 unspecified atom stereocenters. The maximum absolute atomic E-state index is 6.81. The summed E-state index contributed by atoms with van der Waals surface area (Å²) in [7, 11) is 0. The van der Waals surface area contributed by atoms with Gasteiger partial charge in [-0.2, -0.15) is 0 Å². The number of rotatable bonds is 5. The van der Waals surface area contributed by atoms with Gasteiger partial charge in [-0.3, -0.25) is 0 Å². The summed E-state index contributed by atoms with van der Waals surface area (Å²) < 4.78 is 6.81. The number of anilines is 3. The van der Waals surface area contributed by atoms with Gasteiger partial charge in [-0.1, -0.05) is 133 Å². The SMILES string of the molecule is c1ccc(-c2ccc(N(c3ccc4ccccc4c3)c3cc(-c4ccccc4)c4c(c3)oc3c5ccccc5ccc34)cc2)cc1. The van der Waals surface area contributed by atoms with E-state index in [0.29, 0.717) is 0 Å². The highest BCUT2D eigenvalue weighted by Gasteiger charge is 2.21. The summed E-state index contributed by atoms with van der Waals surface area (Å²) in [5.74, 6) is 0. The molecule has 9 rings (SSSR count). The number of hydrogen-bond acceptors (Lipinski definition) is 2. The van der Waals surface area contributed by atoms with E-state index in [1.807, 2.05) is 0 Å². The van der Waals surface area contributed by atoms with E-state index >= 15 is 0 Å². The van der Waals surface area contributed by atoms with Crippen LogP contribution in [0.4, 0.5) is 17.1 Å². The van der Waals surface area contributed by atoms with Gasteiger partial charge in [0.2, 0.25) is 0 Å². The van der Waals surface area contributed by atoms with Crippen LogP contribution in [0.1, 0.15) is 0 Å². The first-order chi connectivity index (χ1) is 22.8. The maximum Gasteiger partial charge on any atom is 0.143 e. The van der Waals surface area contributed by atoms with Gasteiger partial charge in [-0.25, -0.2) is 0 Å². The summed E-state index contributed by atoms with van der Waals surface area (Å²) in [6, 6.07) is 62.7. The van der Waals surface area contributed by atoms with Crippen LogP contribution < -0.4 is 4.90 Å². The maximum atomic E-state index is 6.81. The minimum absolute atomic E-state index is 0.870. The van der Waals surface area contributed by atoms with Gasteiger partial charge in [0.05, 0.1) is 5.69 Å². The second-order valence-corrected chi connectivity index (χ2v) is 11.8. The zero-order valence-corrected chi connectivity index (χ0v) is 25.1. The molecule has 2 heteroatoms. The van der Waals surface area contributed by atoms with E-state index in [0.717, 1.165) is 55.5 Å². The molecule has 8 aromatic carbocycles. The molecule has 2 nitrogen and oxygen atoms in total. The van der Waals surface area contributed by atoms with Gasteiger partial charge in [0.25, 0.3) is 0 Å². The smallest absolute Gasteiger partial charge is 0.143 e. The van der Waals surface area contributed by atoms with Crippen molar-refractivity contribution in [2.24, 2.45) is 0 Å². The van der Waals surface area contributed by atoms with Crippen molar-refractivity contribution in [3.63, 3.8) is 0 Å². The highest BCUT2D eigenvalue weighted by molar-refractivity contribution is 6.20. The van der Waals surface area contributed by atoms with E-state index in [2.05, 4.69) is 181 Å². The van der Waals surface area contributed by atoms with Crippen LogP contribution >= 0.6 is 0 Å². The molecule has 46 heavy (non-hydrogen) atoms. The van der Waals surface area contributed by atoms with Gasteiger partial charge in [0.1, 0.15) is 11.2 Å². The largest absolute Gasteiger partial charge is 0.455 e. The third-order valence-electron chi connectivity index (χ3n) is 9.01. The van der Waals surface area contributed by atoms with E-state index in [4.69, 9.17) is 4.42 Å². The molecule has 0 bridgehead atoms. The predicted molar refractivity (Wildman–Crippen MR) is 194 cm³/mol. The summed E-state index contributed by atoms with van der Waals surface area (Å²) in [5.41, 5.74) is 9.69. The van der Waals surface area contributed by atoms with Crippen molar-refractivity contribution in [2.75, 3.05) is 4.90 Å². The van der Waals surface area contributed by atoms with Crippen molar-refractivity contribution < 1.29 is 4.42 Å². The number of furan rings is 1. The summed E-state index contributed by atoms with van der Waals surface area (Å²) in [4.78, 5) is 2.35. The van der Waals surface area contributed by atoms with E-state index in [1.54, 1.807) is 0 Å². The van der Waals surface area contributed by atoms with Gasteiger partial charge in [0, 0.05) is 33.6 Å². The Hall–Kier alpha value is -6.12. The molecule has 0 spiro atoms. The third-order valence-corrected chi connectivity index (χ3v) is 9.01. The Balaban J connectivity index is 1.31. The van der Waals surface area contributed by atoms with Crippen LogP contribution in [0.2, 0.25) is 0 Å². The van der Waals surface area contributed by atoms with E-state index in [9.17, 15) is 0 Å². The molecule has 0 saturated carbocycles. The van der Waals surface area contributed by atoms with Crippen LogP contribution in [0.15, 0.2) is 180 Å². The first-order valence-corrected chi connectivity index (χ1v) is 15.7. The summed E-state index contributed by atoms with van der Waals surface area (Å²) in [5, 5.41) is 6.98. The number of benzene rings is 8.